The Balaban J connectivity index is 2.16. The average molecular weight is 250 g/mol. The minimum Gasteiger partial charge on any atom is -0.346 e. The quantitative estimate of drug-likeness (QED) is 0.703. The minimum absolute atomic E-state index is 0.0892. The van der Waals surface area contributed by atoms with Crippen LogP contribution in [-0.2, 0) is 4.79 Å². The predicted molar refractivity (Wildman–Crippen MR) is 68.6 cm³/mol. The van der Waals surface area contributed by atoms with Crippen LogP contribution in [0.1, 0.15) is 33.1 Å². The number of rotatable bonds is 0. The third-order valence-electron chi connectivity index (χ3n) is 4.10. The van der Waals surface area contributed by atoms with Crippen molar-refractivity contribution in [2.75, 3.05) is 0 Å². The van der Waals surface area contributed by atoms with Crippen molar-refractivity contribution in [1.82, 2.24) is 5.32 Å². The van der Waals surface area contributed by atoms with E-state index < -0.39 is 0 Å². The summed E-state index contributed by atoms with van der Waals surface area (Å²) >= 11 is 6.16. The second-order valence-corrected chi connectivity index (χ2v) is 5.86. The molecule has 2 atom stereocenters. The van der Waals surface area contributed by atoms with E-state index in [-0.39, 0.29) is 17.4 Å². The summed E-state index contributed by atoms with van der Waals surface area (Å²) in [5.74, 6) is 0.0280. The molecule has 2 aliphatic carbocycles. The Morgan fingerprint density at radius 2 is 2.29 bits per heavy atom. The van der Waals surface area contributed by atoms with Crippen LogP contribution >= 0.6 is 11.6 Å². The van der Waals surface area contributed by atoms with E-state index in [2.05, 4.69) is 12.2 Å². The first-order valence-corrected chi connectivity index (χ1v) is 6.51. The molecule has 90 valence electrons. The van der Waals surface area contributed by atoms with Crippen LogP contribution in [0.15, 0.2) is 33.9 Å². The summed E-state index contributed by atoms with van der Waals surface area (Å²) in [7, 11) is 0. The summed E-state index contributed by atoms with van der Waals surface area (Å²) in [6, 6.07) is 0. The van der Waals surface area contributed by atoms with E-state index in [9.17, 15) is 4.79 Å². The normalized spacial score (nSPS) is 42.1. The molecular weight excluding hydrogens is 234 g/mol. The molecule has 0 aromatic rings. The number of carbonyl (C=O) groups is 1. The highest BCUT2D eigenvalue weighted by Gasteiger charge is 2.49. The highest BCUT2D eigenvalue weighted by Crippen LogP contribution is 2.50. The maximum Gasteiger partial charge on any atom is 0.227 e. The van der Waals surface area contributed by atoms with Gasteiger partial charge < -0.3 is 5.32 Å². The lowest BCUT2D eigenvalue weighted by Crippen LogP contribution is -2.59. The van der Waals surface area contributed by atoms with Crippen molar-refractivity contribution in [1.29, 1.82) is 0 Å². The monoisotopic (exact) mass is 249 g/mol. The number of hydrogen-bond donors (Lipinski definition) is 1. The number of halogens is 1. The molecule has 0 radical (unpaired) electrons. The van der Waals surface area contributed by atoms with E-state index in [0.29, 0.717) is 0 Å². The molecule has 2 nitrogen and oxygen atoms in total. The molecular formula is C14H16ClNO. The molecule has 0 bridgehead atoms. The summed E-state index contributed by atoms with van der Waals surface area (Å²) in [6.45, 7) is 4.07. The van der Waals surface area contributed by atoms with Crippen molar-refractivity contribution < 1.29 is 4.79 Å². The summed E-state index contributed by atoms with van der Waals surface area (Å²) in [4.78, 5) is 12.0. The van der Waals surface area contributed by atoms with Crippen molar-refractivity contribution in [2.45, 2.75) is 38.6 Å². The molecule has 1 amide bonds. The SMILES string of the molecule is CC1C(=O)NC2(C)CC3=C2/C1=C\C(Cl)=C/CC3. The third kappa shape index (κ3) is 1.50. The van der Waals surface area contributed by atoms with Gasteiger partial charge in [0.05, 0.1) is 11.5 Å². The lowest BCUT2D eigenvalue weighted by Gasteiger charge is -2.50. The summed E-state index contributed by atoms with van der Waals surface area (Å²) in [5.41, 5.74) is 3.82. The van der Waals surface area contributed by atoms with Crippen LogP contribution in [0, 0.1) is 5.92 Å². The number of piperidine rings is 1. The number of carbonyl (C=O) groups excluding carboxylic acids is 1. The van der Waals surface area contributed by atoms with Gasteiger partial charge in [-0.15, -0.1) is 0 Å². The highest BCUT2D eigenvalue weighted by atomic mass is 35.5. The second kappa shape index (κ2) is 3.49. The molecule has 0 spiro atoms. The minimum atomic E-state index is -0.140. The molecule has 1 N–H and O–H groups in total. The molecule has 17 heavy (non-hydrogen) atoms. The van der Waals surface area contributed by atoms with Gasteiger partial charge in [0.25, 0.3) is 0 Å². The van der Waals surface area contributed by atoms with Gasteiger partial charge >= 0.3 is 0 Å². The first kappa shape index (κ1) is 11.1. The molecule has 2 unspecified atom stereocenters. The Hall–Kier alpha value is -1.02. The molecule has 0 aromatic carbocycles. The topological polar surface area (TPSA) is 29.1 Å². The number of amides is 1. The zero-order valence-corrected chi connectivity index (χ0v) is 10.9. The average Bonchev–Trinajstić information content (AvgIpc) is 2.21. The van der Waals surface area contributed by atoms with Crippen molar-refractivity contribution in [2.24, 2.45) is 5.92 Å². The lowest BCUT2D eigenvalue weighted by atomic mass is 9.62. The van der Waals surface area contributed by atoms with Gasteiger partial charge in [0.2, 0.25) is 5.91 Å². The van der Waals surface area contributed by atoms with E-state index in [1.165, 1.54) is 11.1 Å². The Morgan fingerprint density at radius 1 is 1.53 bits per heavy atom. The molecule has 0 aromatic heterocycles. The smallest absolute Gasteiger partial charge is 0.227 e. The van der Waals surface area contributed by atoms with E-state index >= 15 is 0 Å². The molecule has 1 saturated heterocycles. The standard InChI is InChI=1S/C14H16ClNO/c1-8-11-6-10(15)5-3-4-9-7-14(2,12(9)11)16-13(8)17/h5-6,8H,3-4,7H2,1-2H3,(H,16,17)/b10-5+,11-6-. The molecule has 3 heteroatoms. The van der Waals surface area contributed by atoms with Crippen molar-refractivity contribution in [3.05, 3.63) is 33.9 Å². The van der Waals surface area contributed by atoms with Crippen LogP contribution in [0.4, 0.5) is 0 Å². The van der Waals surface area contributed by atoms with Gasteiger partial charge in [-0.05, 0) is 50.3 Å². The predicted octanol–water partition coefficient (Wildman–Crippen LogP) is 3.05. The zero-order valence-electron chi connectivity index (χ0n) is 10.1. The Kier molecular flexibility index (Phi) is 2.27. The Bertz CT molecular complexity index is 500. The molecule has 3 aliphatic rings. The van der Waals surface area contributed by atoms with E-state index in [0.717, 1.165) is 29.9 Å². The summed E-state index contributed by atoms with van der Waals surface area (Å²) in [6.07, 6.45) is 7.09. The van der Waals surface area contributed by atoms with E-state index in [1.807, 2.05) is 19.1 Å². The first-order chi connectivity index (χ1) is 8.01. The van der Waals surface area contributed by atoms with Crippen LogP contribution in [0.3, 0.4) is 0 Å². The van der Waals surface area contributed by atoms with E-state index in [1.54, 1.807) is 0 Å². The second-order valence-electron chi connectivity index (χ2n) is 5.43. The van der Waals surface area contributed by atoms with Crippen LogP contribution < -0.4 is 5.32 Å². The van der Waals surface area contributed by atoms with Crippen LogP contribution in [0.5, 0.6) is 0 Å². The fraction of sp³-hybridized carbons (Fsp3) is 0.500. The van der Waals surface area contributed by atoms with Gasteiger partial charge in [-0.2, -0.15) is 0 Å². The largest absolute Gasteiger partial charge is 0.346 e. The van der Waals surface area contributed by atoms with Crippen LogP contribution in [-0.4, -0.2) is 11.4 Å². The number of allylic oxidation sites excluding steroid dienone is 3. The highest BCUT2D eigenvalue weighted by molar-refractivity contribution is 6.31. The fourth-order valence-electron chi connectivity index (χ4n) is 3.26. The summed E-state index contributed by atoms with van der Waals surface area (Å²) < 4.78 is 0. The molecule has 1 heterocycles. The Labute approximate surface area is 106 Å². The van der Waals surface area contributed by atoms with Gasteiger partial charge in [-0.3, -0.25) is 4.79 Å². The van der Waals surface area contributed by atoms with Crippen molar-refractivity contribution in [3.8, 4) is 0 Å². The molecule has 3 rings (SSSR count). The Morgan fingerprint density at radius 3 is 3.06 bits per heavy atom. The van der Waals surface area contributed by atoms with Gasteiger partial charge in [0.1, 0.15) is 0 Å². The number of hydrogen-bond acceptors (Lipinski definition) is 1. The third-order valence-corrected chi connectivity index (χ3v) is 4.36. The van der Waals surface area contributed by atoms with Gasteiger partial charge in [-0.1, -0.05) is 23.3 Å². The van der Waals surface area contributed by atoms with Crippen molar-refractivity contribution >= 4 is 17.5 Å². The van der Waals surface area contributed by atoms with Crippen LogP contribution in [0.25, 0.3) is 0 Å². The molecule has 1 aliphatic heterocycles. The maximum absolute atomic E-state index is 12.0. The maximum atomic E-state index is 12.0. The van der Waals surface area contributed by atoms with Crippen molar-refractivity contribution in [3.63, 3.8) is 0 Å². The zero-order chi connectivity index (χ0) is 12.2. The lowest BCUT2D eigenvalue weighted by molar-refractivity contribution is -0.126. The van der Waals surface area contributed by atoms with Gasteiger partial charge in [0, 0.05) is 5.03 Å². The molecule has 1 fully saturated rings. The van der Waals surface area contributed by atoms with Gasteiger partial charge in [0.15, 0.2) is 0 Å². The molecule has 0 saturated carbocycles. The van der Waals surface area contributed by atoms with E-state index in [4.69, 9.17) is 11.6 Å². The van der Waals surface area contributed by atoms with Gasteiger partial charge in [-0.25, -0.2) is 0 Å². The fourth-order valence-corrected chi connectivity index (χ4v) is 3.48. The summed E-state index contributed by atoms with van der Waals surface area (Å²) in [5, 5.41) is 3.90. The first-order valence-electron chi connectivity index (χ1n) is 6.13. The number of nitrogens with one attached hydrogen (secondary N) is 1. The van der Waals surface area contributed by atoms with Crippen LogP contribution in [0.2, 0.25) is 0 Å².